The normalized spacial score (nSPS) is 12.6. The van der Waals surface area contributed by atoms with Crippen LogP contribution in [0.1, 0.15) is 27.0 Å². The SMILES string of the molecule is Cc1ccc(CC(O)c2ccc(N(CCOCc3ccccc3)S(C)(=O)=O)cc2)s1. The molecule has 1 unspecified atom stereocenters. The molecule has 0 aliphatic heterocycles. The molecule has 160 valence electrons. The van der Waals surface area contributed by atoms with Crippen LogP contribution in [0.2, 0.25) is 0 Å². The minimum absolute atomic E-state index is 0.224. The summed E-state index contributed by atoms with van der Waals surface area (Å²) in [4.78, 5) is 2.34. The quantitative estimate of drug-likeness (QED) is 0.472. The smallest absolute Gasteiger partial charge is 0.232 e. The summed E-state index contributed by atoms with van der Waals surface area (Å²) in [6.07, 6.45) is 1.10. The van der Waals surface area contributed by atoms with Gasteiger partial charge in [0.1, 0.15) is 0 Å². The first-order chi connectivity index (χ1) is 14.3. The maximum Gasteiger partial charge on any atom is 0.232 e. The predicted molar refractivity (Wildman–Crippen MR) is 122 cm³/mol. The Balaban J connectivity index is 1.61. The highest BCUT2D eigenvalue weighted by molar-refractivity contribution is 7.92. The molecule has 0 radical (unpaired) electrons. The van der Waals surface area contributed by atoms with Gasteiger partial charge in [-0.25, -0.2) is 8.42 Å². The Bertz CT molecular complexity index is 1030. The largest absolute Gasteiger partial charge is 0.388 e. The molecule has 3 aromatic rings. The summed E-state index contributed by atoms with van der Waals surface area (Å²) in [5.74, 6) is 0. The molecule has 2 aromatic carbocycles. The molecule has 0 aliphatic rings. The number of aliphatic hydroxyl groups excluding tert-OH is 1. The molecule has 1 N–H and O–H groups in total. The van der Waals surface area contributed by atoms with Gasteiger partial charge in [0.25, 0.3) is 0 Å². The van der Waals surface area contributed by atoms with Crippen molar-refractivity contribution in [2.45, 2.75) is 26.1 Å². The number of anilines is 1. The number of ether oxygens (including phenoxy) is 1. The van der Waals surface area contributed by atoms with Gasteiger partial charge in [-0.15, -0.1) is 11.3 Å². The number of aryl methyl sites for hydroxylation is 1. The third-order valence-corrected chi connectivity index (χ3v) is 6.92. The van der Waals surface area contributed by atoms with Crippen LogP contribution in [0, 0.1) is 6.92 Å². The van der Waals surface area contributed by atoms with Crippen molar-refractivity contribution in [2.75, 3.05) is 23.7 Å². The van der Waals surface area contributed by atoms with Crippen molar-refractivity contribution in [3.8, 4) is 0 Å². The van der Waals surface area contributed by atoms with Crippen LogP contribution in [0.15, 0.2) is 66.7 Å². The van der Waals surface area contributed by atoms with E-state index in [4.69, 9.17) is 4.74 Å². The number of aliphatic hydroxyl groups is 1. The number of thiophene rings is 1. The van der Waals surface area contributed by atoms with E-state index in [-0.39, 0.29) is 13.2 Å². The second-order valence-electron chi connectivity index (χ2n) is 7.20. The fourth-order valence-electron chi connectivity index (χ4n) is 3.16. The van der Waals surface area contributed by atoms with E-state index >= 15 is 0 Å². The predicted octanol–water partition coefficient (Wildman–Crippen LogP) is 4.32. The molecule has 3 rings (SSSR count). The monoisotopic (exact) mass is 445 g/mol. The van der Waals surface area contributed by atoms with Gasteiger partial charge >= 0.3 is 0 Å². The molecule has 0 fully saturated rings. The lowest BCUT2D eigenvalue weighted by Crippen LogP contribution is -2.33. The maximum atomic E-state index is 12.3. The molecule has 1 aromatic heterocycles. The van der Waals surface area contributed by atoms with Crippen LogP contribution in [0.4, 0.5) is 5.69 Å². The number of sulfonamides is 1. The summed E-state index contributed by atoms with van der Waals surface area (Å²) < 4.78 is 31.5. The number of hydrogen-bond donors (Lipinski definition) is 1. The molecule has 0 aliphatic carbocycles. The molecule has 30 heavy (non-hydrogen) atoms. The van der Waals surface area contributed by atoms with Gasteiger partial charge < -0.3 is 9.84 Å². The van der Waals surface area contributed by atoms with Crippen molar-refractivity contribution in [1.82, 2.24) is 0 Å². The van der Waals surface area contributed by atoms with Crippen molar-refractivity contribution >= 4 is 27.0 Å². The van der Waals surface area contributed by atoms with E-state index in [1.54, 1.807) is 35.6 Å². The highest BCUT2D eigenvalue weighted by atomic mass is 32.2. The first-order valence-corrected chi connectivity index (χ1v) is 12.4. The molecular formula is C23H27NO4S2. The van der Waals surface area contributed by atoms with E-state index < -0.39 is 16.1 Å². The summed E-state index contributed by atoms with van der Waals surface area (Å²) in [5, 5.41) is 10.5. The standard InChI is InChI=1S/C23H27NO4S2/c1-18-8-13-22(29-18)16-23(25)20-9-11-21(12-10-20)24(30(2,26)27)14-15-28-17-19-6-4-3-5-7-19/h3-13,23,25H,14-17H2,1-2H3. The minimum Gasteiger partial charge on any atom is -0.388 e. The lowest BCUT2D eigenvalue weighted by molar-refractivity contribution is 0.128. The Labute approximate surface area is 182 Å². The van der Waals surface area contributed by atoms with Crippen LogP contribution in [0.25, 0.3) is 0 Å². The van der Waals surface area contributed by atoms with Crippen LogP contribution < -0.4 is 4.31 Å². The lowest BCUT2D eigenvalue weighted by Gasteiger charge is -2.23. The van der Waals surface area contributed by atoms with Gasteiger partial charge in [0, 0.05) is 16.2 Å². The van der Waals surface area contributed by atoms with Gasteiger partial charge in [-0.05, 0) is 42.3 Å². The highest BCUT2D eigenvalue weighted by Gasteiger charge is 2.18. The van der Waals surface area contributed by atoms with E-state index in [9.17, 15) is 13.5 Å². The molecular weight excluding hydrogens is 418 g/mol. The summed E-state index contributed by atoms with van der Waals surface area (Å²) in [7, 11) is -3.45. The van der Waals surface area contributed by atoms with Gasteiger partial charge in [-0.2, -0.15) is 0 Å². The molecule has 0 spiro atoms. The molecule has 1 heterocycles. The zero-order valence-electron chi connectivity index (χ0n) is 17.2. The van der Waals surface area contributed by atoms with E-state index in [1.807, 2.05) is 49.4 Å². The highest BCUT2D eigenvalue weighted by Crippen LogP contribution is 2.26. The van der Waals surface area contributed by atoms with Crippen LogP contribution >= 0.6 is 11.3 Å². The van der Waals surface area contributed by atoms with Gasteiger partial charge in [0.15, 0.2) is 0 Å². The van der Waals surface area contributed by atoms with Crippen LogP contribution in [0.3, 0.4) is 0 Å². The average Bonchev–Trinajstić information content (AvgIpc) is 3.12. The third-order valence-electron chi connectivity index (χ3n) is 4.71. The van der Waals surface area contributed by atoms with E-state index in [0.29, 0.717) is 18.7 Å². The van der Waals surface area contributed by atoms with E-state index in [1.165, 1.54) is 15.4 Å². The zero-order valence-corrected chi connectivity index (χ0v) is 18.8. The minimum atomic E-state index is -3.45. The Morgan fingerprint density at radius 1 is 1.03 bits per heavy atom. The number of benzene rings is 2. The van der Waals surface area contributed by atoms with Crippen molar-refractivity contribution in [3.05, 3.63) is 87.6 Å². The van der Waals surface area contributed by atoms with E-state index in [0.717, 1.165) is 16.0 Å². The van der Waals surface area contributed by atoms with Crippen molar-refractivity contribution in [2.24, 2.45) is 0 Å². The summed E-state index contributed by atoms with van der Waals surface area (Å²) >= 11 is 1.67. The lowest BCUT2D eigenvalue weighted by atomic mass is 10.1. The summed E-state index contributed by atoms with van der Waals surface area (Å²) in [6.45, 7) is 2.98. The summed E-state index contributed by atoms with van der Waals surface area (Å²) in [6, 6.07) is 20.9. The third kappa shape index (κ3) is 6.40. The molecule has 0 amide bonds. The Morgan fingerprint density at radius 2 is 1.73 bits per heavy atom. The topological polar surface area (TPSA) is 66.8 Å². The van der Waals surface area contributed by atoms with Crippen molar-refractivity contribution < 1.29 is 18.3 Å². The van der Waals surface area contributed by atoms with Crippen molar-refractivity contribution in [3.63, 3.8) is 0 Å². The van der Waals surface area contributed by atoms with Gasteiger partial charge in [0.2, 0.25) is 10.0 Å². The first-order valence-electron chi connectivity index (χ1n) is 9.75. The second kappa shape index (κ2) is 10.2. The molecule has 7 heteroatoms. The van der Waals surface area contributed by atoms with Gasteiger partial charge in [-0.3, -0.25) is 4.31 Å². The summed E-state index contributed by atoms with van der Waals surface area (Å²) in [5.41, 5.74) is 2.37. The molecule has 5 nitrogen and oxygen atoms in total. The molecule has 1 atom stereocenters. The Kier molecular flexibility index (Phi) is 7.66. The van der Waals surface area contributed by atoms with Gasteiger partial charge in [-0.1, -0.05) is 42.5 Å². The fourth-order valence-corrected chi connectivity index (χ4v) is 5.00. The number of nitrogens with zero attached hydrogens (tertiary/aromatic N) is 1. The van der Waals surface area contributed by atoms with E-state index in [2.05, 4.69) is 0 Å². The molecule has 0 saturated heterocycles. The van der Waals surface area contributed by atoms with Crippen LogP contribution in [-0.4, -0.2) is 32.9 Å². The Morgan fingerprint density at radius 3 is 2.33 bits per heavy atom. The molecule has 0 bridgehead atoms. The zero-order chi connectivity index (χ0) is 21.6. The number of hydrogen-bond acceptors (Lipinski definition) is 5. The maximum absolute atomic E-state index is 12.3. The Hall–Kier alpha value is -2.19. The fraction of sp³-hybridized carbons (Fsp3) is 0.304. The van der Waals surface area contributed by atoms with Crippen LogP contribution in [0.5, 0.6) is 0 Å². The number of rotatable bonds is 10. The molecule has 0 saturated carbocycles. The van der Waals surface area contributed by atoms with Crippen molar-refractivity contribution in [1.29, 1.82) is 0 Å². The average molecular weight is 446 g/mol. The van der Waals surface area contributed by atoms with Crippen LogP contribution in [-0.2, 0) is 27.8 Å². The first kappa shape index (κ1) is 22.5. The second-order valence-corrected chi connectivity index (χ2v) is 10.5. The van der Waals surface area contributed by atoms with Gasteiger partial charge in [0.05, 0.1) is 37.8 Å².